The van der Waals surface area contributed by atoms with E-state index in [2.05, 4.69) is 4.98 Å². The number of aromatic nitrogens is 1. The van der Waals surface area contributed by atoms with Crippen LogP contribution >= 0.6 is 23.2 Å². The van der Waals surface area contributed by atoms with Crippen LogP contribution in [0.15, 0.2) is 6.07 Å². The molecule has 6 heteroatoms. The molecule has 1 aromatic heterocycles. The topological polar surface area (TPSA) is 33.1 Å². The molecule has 0 amide bonds. The van der Waals surface area contributed by atoms with Crippen molar-refractivity contribution in [3.8, 4) is 0 Å². The molecule has 1 rings (SSSR count). The molecule has 1 heterocycles. The van der Waals surface area contributed by atoms with Gasteiger partial charge in [-0.2, -0.15) is 0 Å². The third-order valence-corrected chi connectivity index (χ3v) is 2.19. The van der Waals surface area contributed by atoms with Gasteiger partial charge in [0.2, 0.25) is 0 Å². The quantitative estimate of drug-likeness (QED) is 0.844. The van der Waals surface area contributed by atoms with E-state index in [1.165, 1.54) is 0 Å². The predicted octanol–water partition coefficient (Wildman–Crippen LogP) is 2.82. The van der Waals surface area contributed by atoms with Crippen molar-refractivity contribution < 1.29 is 13.9 Å². The van der Waals surface area contributed by atoms with E-state index >= 15 is 0 Å². The highest BCUT2D eigenvalue weighted by Gasteiger charge is 2.14. The zero-order valence-electron chi connectivity index (χ0n) is 6.27. The number of aliphatic hydroxyl groups is 1. The Labute approximate surface area is 83.1 Å². The maximum absolute atomic E-state index is 12.1. The SMILES string of the molecule is OCc1nc(C(F)F)cc(Cl)c1Cl. The first kappa shape index (κ1) is 10.6. The van der Waals surface area contributed by atoms with Crippen molar-refractivity contribution in [2.45, 2.75) is 13.0 Å². The molecule has 1 N–H and O–H groups in total. The molecule has 2 nitrogen and oxygen atoms in total. The number of hydrogen-bond donors (Lipinski definition) is 1. The smallest absolute Gasteiger partial charge is 0.280 e. The maximum atomic E-state index is 12.1. The molecular formula is C7H5Cl2F2NO. The van der Waals surface area contributed by atoms with Crippen LogP contribution in [0.1, 0.15) is 17.8 Å². The average molecular weight is 228 g/mol. The molecule has 72 valence electrons. The lowest BCUT2D eigenvalue weighted by atomic mass is 10.3. The standard InChI is InChI=1S/C7H5Cl2F2NO/c8-3-1-4(7(10)11)12-5(2-13)6(3)9/h1,7,13H,2H2. The number of aliphatic hydroxyl groups excluding tert-OH is 1. The van der Waals surface area contributed by atoms with E-state index in [9.17, 15) is 8.78 Å². The summed E-state index contributed by atoms with van der Waals surface area (Å²) in [6.45, 7) is -0.515. The molecule has 0 bridgehead atoms. The number of rotatable bonds is 2. The van der Waals surface area contributed by atoms with Gasteiger partial charge in [-0.3, -0.25) is 0 Å². The number of alkyl halides is 2. The van der Waals surface area contributed by atoms with Crippen LogP contribution in [0.25, 0.3) is 0 Å². The van der Waals surface area contributed by atoms with Gasteiger partial charge in [0, 0.05) is 0 Å². The molecule has 0 saturated heterocycles. The van der Waals surface area contributed by atoms with E-state index in [0.29, 0.717) is 0 Å². The van der Waals surface area contributed by atoms with Gasteiger partial charge in [-0.05, 0) is 6.07 Å². The van der Waals surface area contributed by atoms with Crippen LogP contribution in [0.3, 0.4) is 0 Å². The molecule has 0 saturated carbocycles. The van der Waals surface area contributed by atoms with E-state index < -0.39 is 18.7 Å². The highest BCUT2D eigenvalue weighted by Crippen LogP contribution is 2.28. The van der Waals surface area contributed by atoms with Crippen LogP contribution in [0, 0.1) is 0 Å². The molecule has 0 atom stereocenters. The monoisotopic (exact) mass is 227 g/mol. The average Bonchev–Trinajstić information content (AvgIpc) is 2.09. The van der Waals surface area contributed by atoms with Gasteiger partial charge in [0.05, 0.1) is 22.3 Å². The molecular weight excluding hydrogens is 223 g/mol. The molecule has 0 aliphatic rings. The van der Waals surface area contributed by atoms with Gasteiger partial charge in [0.25, 0.3) is 6.43 Å². The fourth-order valence-electron chi connectivity index (χ4n) is 0.785. The molecule has 13 heavy (non-hydrogen) atoms. The lowest BCUT2D eigenvalue weighted by molar-refractivity contribution is 0.145. The summed E-state index contributed by atoms with van der Waals surface area (Å²) in [7, 11) is 0. The van der Waals surface area contributed by atoms with Crippen LogP contribution in [-0.4, -0.2) is 10.1 Å². The molecule has 1 aromatic rings. The van der Waals surface area contributed by atoms with Crippen LogP contribution in [-0.2, 0) is 6.61 Å². The summed E-state index contributed by atoms with van der Waals surface area (Å²) in [5, 5.41) is 8.68. The second-order valence-corrected chi connectivity index (χ2v) is 3.03. The molecule has 0 aromatic carbocycles. The zero-order valence-corrected chi connectivity index (χ0v) is 7.78. The summed E-state index contributed by atoms with van der Waals surface area (Å²) in [5.74, 6) is 0. The van der Waals surface area contributed by atoms with Crippen LogP contribution in [0.4, 0.5) is 8.78 Å². The molecule has 0 unspecified atom stereocenters. The second kappa shape index (κ2) is 4.17. The van der Waals surface area contributed by atoms with Gasteiger partial charge >= 0.3 is 0 Å². The van der Waals surface area contributed by atoms with Gasteiger partial charge in [-0.25, -0.2) is 13.8 Å². The summed E-state index contributed by atoms with van der Waals surface area (Å²) >= 11 is 11.1. The highest BCUT2D eigenvalue weighted by atomic mass is 35.5. The first-order valence-electron chi connectivity index (χ1n) is 3.30. The molecule has 0 spiro atoms. The minimum absolute atomic E-state index is 0.00793. The van der Waals surface area contributed by atoms with Gasteiger partial charge in [0.15, 0.2) is 0 Å². The van der Waals surface area contributed by atoms with Crippen LogP contribution in [0.5, 0.6) is 0 Å². The Morgan fingerprint density at radius 2 is 2.08 bits per heavy atom. The first-order valence-corrected chi connectivity index (χ1v) is 4.05. The van der Waals surface area contributed by atoms with E-state index in [4.69, 9.17) is 28.3 Å². The highest BCUT2D eigenvalue weighted by molar-refractivity contribution is 6.42. The molecule has 0 aliphatic carbocycles. The predicted molar refractivity (Wildman–Crippen MR) is 45.1 cm³/mol. The van der Waals surface area contributed by atoms with Crippen molar-refractivity contribution >= 4 is 23.2 Å². The zero-order chi connectivity index (χ0) is 10.0. The van der Waals surface area contributed by atoms with Gasteiger partial charge in [-0.15, -0.1) is 0 Å². The van der Waals surface area contributed by atoms with E-state index in [0.717, 1.165) is 6.07 Å². The van der Waals surface area contributed by atoms with Crippen molar-refractivity contribution in [3.63, 3.8) is 0 Å². The molecule has 0 aliphatic heterocycles. The third-order valence-electron chi connectivity index (χ3n) is 1.38. The summed E-state index contributed by atoms with van der Waals surface area (Å²) < 4.78 is 24.3. The Bertz CT molecular complexity index is 320. The Morgan fingerprint density at radius 3 is 2.54 bits per heavy atom. The van der Waals surface area contributed by atoms with Crippen LogP contribution < -0.4 is 0 Å². The largest absolute Gasteiger partial charge is 0.390 e. The summed E-state index contributed by atoms with van der Waals surface area (Å²) in [6.07, 6.45) is -2.72. The van der Waals surface area contributed by atoms with Crippen molar-refractivity contribution in [2.75, 3.05) is 0 Å². The van der Waals surface area contributed by atoms with Gasteiger partial charge < -0.3 is 5.11 Å². The van der Waals surface area contributed by atoms with E-state index in [1.54, 1.807) is 0 Å². The molecule has 0 radical (unpaired) electrons. The van der Waals surface area contributed by atoms with E-state index in [-0.39, 0.29) is 15.7 Å². The first-order chi connectivity index (χ1) is 6.06. The Hall–Kier alpha value is -0.450. The Morgan fingerprint density at radius 1 is 1.46 bits per heavy atom. The summed E-state index contributed by atoms with van der Waals surface area (Å²) in [4.78, 5) is 3.43. The van der Waals surface area contributed by atoms with E-state index in [1.807, 2.05) is 0 Å². The summed E-state index contributed by atoms with van der Waals surface area (Å²) in [5.41, 5.74) is -0.525. The maximum Gasteiger partial charge on any atom is 0.280 e. The Balaban J connectivity index is 3.22. The van der Waals surface area contributed by atoms with Crippen molar-refractivity contribution in [1.82, 2.24) is 4.98 Å². The van der Waals surface area contributed by atoms with Gasteiger partial charge in [-0.1, -0.05) is 23.2 Å². The summed E-state index contributed by atoms with van der Waals surface area (Å²) in [6, 6.07) is 0.980. The normalized spacial score (nSPS) is 10.9. The van der Waals surface area contributed by atoms with Crippen molar-refractivity contribution in [1.29, 1.82) is 0 Å². The number of nitrogens with zero attached hydrogens (tertiary/aromatic N) is 1. The van der Waals surface area contributed by atoms with Crippen molar-refractivity contribution in [3.05, 3.63) is 27.5 Å². The van der Waals surface area contributed by atoms with Gasteiger partial charge in [0.1, 0.15) is 5.69 Å². The fraction of sp³-hybridized carbons (Fsp3) is 0.286. The van der Waals surface area contributed by atoms with Crippen molar-refractivity contribution in [2.24, 2.45) is 0 Å². The third kappa shape index (κ3) is 2.27. The number of pyridine rings is 1. The lowest BCUT2D eigenvalue weighted by Gasteiger charge is -2.05. The second-order valence-electron chi connectivity index (χ2n) is 2.25. The Kier molecular flexibility index (Phi) is 3.41. The minimum Gasteiger partial charge on any atom is -0.390 e. The fourth-order valence-corrected chi connectivity index (χ4v) is 1.16. The van der Waals surface area contributed by atoms with Crippen LogP contribution in [0.2, 0.25) is 10.0 Å². The number of hydrogen-bond acceptors (Lipinski definition) is 2. The lowest BCUT2D eigenvalue weighted by Crippen LogP contribution is -1.97. The minimum atomic E-state index is -2.72. The molecule has 0 fully saturated rings. The number of halogens is 4.